The zero-order valence-electron chi connectivity index (χ0n) is 15.8. The maximum Gasteiger partial charge on any atom is 0.321 e. The van der Waals surface area contributed by atoms with Crippen LogP contribution in [-0.2, 0) is 0 Å². The highest BCUT2D eigenvalue weighted by atomic mass is 16.2. The van der Waals surface area contributed by atoms with E-state index in [-0.39, 0.29) is 6.03 Å². The molecular weight excluding hydrogens is 366 g/mol. The lowest BCUT2D eigenvalue weighted by Crippen LogP contribution is -2.28. The molecule has 4 rings (SSSR count). The van der Waals surface area contributed by atoms with E-state index in [1.54, 1.807) is 17.1 Å². The van der Waals surface area contributed by atoms with Crippen molar-refractivity contribution in [3.05, 3.63) is 66.3 Å². The number of imidazole rings is 2. The molecule has 1 aliphatic carbocycles. The minimum absolute atomic E-state index is 0.320. The number of carbonyl (C=O) groups is 1. The average molecular weight is 385 g/mol. The number of anilines is 1. The number of rotatable bonds is 4. The second kappa shape index (κ2) is 7.86. The topological polar surface area (TPSA) is 111 Å². The molecule has 144 valence electrons. The first kappa shape index (κ1) is 18.3. The van der Waals surface area contributed by atoms with Crippen molar-refractivity contribution in [1.29, 1.82) is 5.26 Å². The SMILES string of the molecule is CCNC(=O)Nc1nc2c(C3=CCC=CC=C3)cc(-n3cnc(C#N)c3)cc2[nH]1. The van der Waals surface area contributed by atoms with Gasteiger partial charge in [-0.15, -0.1) is 0 Å². The number of nitrogens with one attached hydrogen (secondary N) is 3. The average Bonchev–Trinajstić information content (AvgIpc) is 3.26. The summed E-state index contributed by atoms with van der Waals surface area (Å²) in [5.74, 6) is 0.365. The van der Waals surface area contributed by atoms with Gasteiger partial charge in [0.15, 0.2) is 5.69 Å². The second-order valence-corrected chi connectivity index (χ2v) is 6.42. The van der Waals surface area contributed by atoms with Crippen LogP contribution in [0.1, 0.15) is 24.6 Å². The Morgan fingerprint density at radius 1 is 1.38 bits per heavy atom. The fourth-order valence-corrected chi connectivity index (χ4v) is 3.14. The van der Waals surface area contributed by atoms with Crippen LogP contribution < -0.4 is 10.6 Å². The first-order chi connectivity index (χ1) is 14.2. The van der Waals surface area contributed by atoms with Crippen molar-refractivity contribution < 1.29 is 4.79 Å². The number of aromatic nitrogens is 4. The van der Waals surface area contributed by atoms with E-state index in [4.69, 9.17) is 5.26 Å². The number of nitrogens with zero attached hydrogens (tertiary/aromatic N) is 4. The number of allylic oxidation sites excluding steroid dienone is 6. The van der Waals surface area contributed by atoms with E-state index in [9.17, 15) is 4.79 Å². The molecule has 0 atom stereocenters. The Hall–Kier alpha value is -4.12. The first-order valence-electron chi connectivity index (χ1n) is 9.24. The zero-order valence-corrected chi connectivity index (χ0v) is 15.8. The lowest BCUT2D eigenvalue weighted by Gasteiger charge is -2.08. The molecule has 2 amide bonds. The van der Waals surface area contributed by atoms with E-state index in [1.165, 1.54) is 0 Å². The largest absolute Gasteiger partial charge is 0.338 e. The van der Waals surface area contributed by atoms with Gasteiger partial charge in [-0.1, -0.05) is 30.4 Å². The summed E-state index contributed by atoms with van der Waals surface area (Å²) in [4.78, 5) is 23.7. The highest BCUT2D eigenvalue weighted by Gasteiger charge is 2.15. The lowest BCUT2D eigenvalue weighted by atomic mass is 10.0. The number of urea groups is 1. The summed E-state index contributed by atoms with van der Waals surface area (Å²) in [6, 6.07) is 5.64. The quantitative estimate of drug-likeness (QED) is 0.636. The van der Waals surface area contributed by atoms with Gasteiger partial charge in [0.05, 0.1) is 11.0 Å². The van der Waals surface area contributed by atoms with Gasteiger partial charge in [-0.2, -0.15) is 5.26 Å². The van der Waals surface area contributed by atoms with Gasteiger partial charge < -0.3 is 14.9 Å². The zero-order chi connectivity index (χ0) is 20.2. The summed E-state index contributed by atoms with van der Waals surface area (Å²) in [6.45, 7) is 2.37. The van der Waals surface area contributed by atoms with Gasteiger partial charge >= 0.3 is 6.03 Å². The molecule has 0 fully saturated rings. The minimum atomic E-state index is -0.320. The summed E-state index contributed by atoms with van der Waals surface area (Å²) in [7, 11) is 0. The Kier molecular flexibility index (Phi) is 4.95. The molecule has 0 saturated carbocycles. The van der Waals surface area contributed by atoms with E-state index < -0.39 is 0 Å². The van der Waals surface area contributed by atoms with E-state index in [0.717, 1.165) is 34.3 Å². The van der Waals surface area contributed by atoms with Crippen LogP contribution in [0, 0.1) is 11.3 Å². The van der Waals surface area contributed by atoms with E-state index in [2.05, 4.69) is 37.7 Å². The van der Waals surface area contributed by atoms with E-state index in [1.807, 2.05) is 43.4 Å². The molecule has 29 heavy (non-hydrogen) atoms. The molecule has 3 N–H and O–H groups in total. The third-order valence-corrected chi connectivity index (χ3v) is 4.44. The number of amides is 2. The van der Waals surface area contributed by atoms with Crippen molar-refractivity contribution in [3.8, 4) is 11.8 Å². The van der Waals surface area contributed by atoms with Crippen LogP contribution in [0.25, 0.3) is 22.3 Å². The molecule has 0 bridgehead atoms. The molecule has 1 aromatic carbocycles. The molecule has 2 heterocycles. The Morgan fingerprint density at radius 2 is 2.28 bits per heavy atom. The molecule has 3 aromatic rings. The number of H-pyrrole nitrogens is 1. The van der Waals surface area contributed by atoms with Gasteiger partial charge in [-0.25, -0.2) is 14.8 Å². The molecule has 1 aliphatic rings. The van der Waals surface area contributed by atoms with Crippen LogP contribution in [-0.4, -0.2) is 32.1 Å². The van der Waals surface area contributed by atoms with Gasteiger partial charge in [-0.3, -0.25) is 5.32 Å². The molecule has 0 radical (unpaired) electrons. The number of fused-ring (bicyclic) bond motifs is 1. The smallest absolute Gasteiger partial charge is 0.321 e. The van der Waals surface area contributed by atoms with Crippen LogP contribution in [0.3, 0.4) is 0 Å². The molecular formula is C21H19N7O. The summed E-state index contributed by atoms with van der Waals surface area (Å²) in [5.41, 5.74) is 4.64. The van der Waals surface area contributed by atoms with Gasteiger partial charge in [0, 0.05) is 24.0 Å². The normalized spacial score (nSPS) is 13.0. The molecule has 0 saturated heterocycles. The number of hydrogen-bond acceptors (Lipinski definition) is 4. The van der Waals surface area contributed by atoms with Crippen molar-refractivity contribution >= 4 is 28.6 Å². The Bertz CT molecular complexity index is 1200. The molecule has 0 aliphatic heterocycles. The van der Waals surface area contributed by atoms with Crippen molar-refractivity contribution in [1.82, 2.24) is 24.8 Å². The van der Waals surface area contributed by atoms with Crippen LogP contribution >= 0.6 is 0 Å². The van der Waals surface area contributed by atoms with Gasteiger partial charge in [0.2, 0.25) is 5.95 Å². The summed E-state index contributed by atoms with van der Waals surface area (Å²) < 4.78 is 1.79. The van der Waals surface area contributed by atoms with Gasteiger partial charge in [0.25, 0.3) is 0 Å². The fourth-order valence-electron chi connectivity index (χ4n) is 3.14. The standard InChI is InChI=1S/C21H19N7O/c1-2-23-21(29)27-20-25-18-10-16(28-12-15(11-22)24-13-28)9-17(19(18)26-20)14-7-5-3-4-6-8-14/h3-5,7-10,12-13H,2,6H2,1H3,(H3,23,25,26,27,29). The number of aromatic amines is 1. The predicted molar refractivity (Wildman–Crippen MR) is 112 cm³/mol. The first-order valence-corrected chi connectivity index (χ1v) is 9.24. The van der Waals surface area contributed by atoms with Gasteiger partial charge in [0.1, 0.15) is 12.4 Å². The molecule has 0 unspecified atom stereocenters. The summed E-state index contributed by atoms with van der Waals surface area (Å²) in [5, 5.41) is 14.5. The van der Waals surface area contributed by atoms with Crippen molar-refractivity contribution in [2.75, 3.05) is 11.9 Å². The van der Waals surface area contributed by atoms with Crippen LogP contribution in [0.5, 0.6) is 0 Å². The Morgan fingerprint density at radius 3 is 3.07 bits per heavy atom. The summed E-state index contributed by atoms with van der Waals surface area (Å²) in [6.07, 6.45) is 14.3. The Balaban J connectivity index is 1.84. The molecule has 0 spiro atoms. The number of carbonyl (C=O) groups excluding carboxylic acids is 1. The van der Waals surface area contributed by atoms with Crippen molar-refractivity contribution in [2.45, 2.75) is 13.3 Å². The summed E-state index contributed by atoms with van der Waals surface area (Å²) >= 11 is 0. The number of benzene rings is 1. The molecule has 2 aromatic heterocycles. The van der Waals surface area contributed by atoms with Crippen molar-refractivity contribution in [3.63, 3.8) is 0 Å². The van der Waals surface area contributed by atoms with E-state index in [0.29, 0.717) is 18.2 Å². The third-order valence-electron chi connectivity index (χ3n) is 4.44. The maximum absolute atomic E-state index is 11.9. The second-order valence-electron chi connectivity index (χ2n) is 6.42. The van der Waals surface area contributed by atoms with Crippen molar-refractivity contribution in [2.24, 2.45) is 0 Å². The Labute approximate surface area is 167 Å². The molecule has 8 nitrogen and oxygen atoms in total. The number of hydrogen-bond donors (Lipinski definition) is 3. The maximum atomic E-state index is 11.9. The molecule has 8 heteroatoms. The lowest BCUT2D eigenvalue weighted by molar-refractivity contribution is 0.252. The number of nitriles is 1. The van der Waals surface area contributed by atoms with E-state index >= 15 is 0 Å². The monoisotopic (exact) mass is 385 g/mol. The third kappa shape index (κ3) is 3.80. The minimum Gasteiger partial charge on any atom is -0.338 e. The van der Waals surface area contributed by atoms with Crippen LogP contribution in [0.15, 0.2) is 55.0 Å². The van der Waals surface area contributed by atoms with Gasteiger partial charge in [-0.05, 0) is 31.1 Å². The highest BCUT2D eigenvalue weighted by molar-refractivity contribution is 5.96. The van der Waals surface area contributed by atoms with Crippen LogP contribution in [0.4, 0.5) is 10.7 Å². The predicted octanol–water partition coefficient (Wildman–Crippen LogP) is 3.66. The van der Waals surface area contributed by atoms with Crippen LogP contribution in [0.2, 0.25) is 0 Å². The fraction of sp³-hybridized carbons (Fsp3) is 0.143. The highest BCUT2D eigenvalue weighted by Crippen LogP contribution is 2.30.